The molecular weight excluding hydrogens is 332 g/mol. The Morgan fingerprint density at radius 1 is 1.46 bits per heavy atom. The first-order valence-corrected chi connectivity index (χ1v) is 8.85. The summed E-state index contributed by atoms with van der Waals surface area (Å²) in [6.45, 7) is 9.16. The van der Waals surface area contributed by atoms with E-state index in [1.165, 1.54) is 23.6 Å². The first kappa shape index (κ1) is 17.4. The Hall–Kier alpha value is -1.38. The lowest BCUT2D eigenvalue weighted by atomic mass is 9.78. The van der Waals surface area contributed by atoms with Crippen molar-refractivity contribution in [1.82, 2.24) is 9.80 Å². The Balaban J connectivity index is 2.01. The summed E-state index contributed by atoms with van der Waals surface area (Å²) in [4.78, 5) is 40.2. The van der Waals surface area contributed by atoms with Crippen LogP contribution < -0.4 is 0 Å². The van der Waals surface area contributed by atoms with Gasteiger partial charge >= 0.3 is 5.97 Å². The number of morpholine rings is 1. The van der Waals surface area contributed by atoms with Crippen molar-refractivity contribution < 1.29 is 24.2 Å². The van der Waals surface area contributed by atoms with Crippen LogP contribution in [0.15, 0.2) is 12.7 Å². The molecule has 3 heterocycles. The summed E-state index contributed by atoms with van der Waals surface area (Å²) in [7, 11) is 0. The van der Waals surface area contributed by atoms with Gasteiger partial charge in [-0.2, -0.15) is 0 Å². The molecule has 1 N–H and O–H groups in total. The number of carboxylic acids is 1. The summed E-state index contributed by atoms with van der Waals surface area (Å²) in [5.74, 6) is -1.39. The zero-order valence-corrected chi connectivity index (χ0v) is 14.7. The number of thioether (sulfide) groups is 1. The van der Waals surface area contributed by atoms with Crippen molar-refractivity contribution in [2.75, 3.05) is 26.3 Å². The highest BCUT2D eigenvalue weighted by molar-refractivity contribution is 8.02. The second-order valence-electron chi connectivity index (χ2n) is 6.71. The van der Waals surface area contributed by atoms with Gasteiger partial charge in [0.05, 0.1) is 18.0 Å². The van der Waals surface area contributed by atoms with E-state index in [9.17, 15) is 19.5 Å². The second-order valence-corrected chi connectivity index (χ2v) is 8.28. The van der Waals surface area contributed by atoms with Crippen molar-refractivity contribution >= 4 is 29.4 Å². The number of carboxylic acid groups (broad SMARTS) is 1. The number of rotatable bonds is 5. The zero-order chi connectivity index (χ0) is 17.7. The molecule has 4 atom stereocenters. The molecule has 3 saturated heterocycles. The Kier molecular flexibility index (Phi) is 4.26. The van der Waals surface area contributed by atoms with Crippen molar-refractivity contribution in [1.29, 1.82) is 0 Å². The minimum atomic E-state index is -1.04. The minimum Gasteiger partial charge on any atom is -0.480 e. The fourth-order valence-corrected chi connectivity index (χ4v) is 5.80. The molecule has 3 rings (SSSR count). The zero-order valence-electron chi connectivity index (χ0n) is 13.9. The third-order valence-corrected chi connectivity index (χ3v) is 6.92. The molecule has 0 aromatic heterocycles. The number of ketones is 1. The Labute approximate surface area is 145 Å². The van der Waals surface area contributed by atoms with Crippen molar-refractivity contribution in [3.63, 3.8) is 0 Å². The molecule has 0 saturated carbocycles. The highest BCUT2D eigenvalue weighted by Crippen LogP contribution is 2.58. The van der Waals surface area contributed by atoms with E-state index >= 15 is 0 Å². The molecule has 8 heteroatoms. The third kappa shape index (κ3) is 2.23. The van der Waals surface area contributed by atoms with Gasteiger partial charge < -0.3 is 14.7 Å². The van der Waals surface area contributed by atoms with Gasteiger partial charge in [-0.25, -0.2) is 4.79 Å². The lowest BCUT2D eigenvalue weighted by molar-refractivity contribution is -0.183. The fourth-order valence-electron chi connectivity index (χ4n) is 4.02. The van der Waals surface area contributed by atoms with E-state index in [2.05, 4.69) is 6.58 Å². The standard InChI is InChI=1S/C16H22N2O5S/c1-4-15(3)11(12(20)21)18-13(22)16(9-10(2)19,14(18)24-15)17-5-7-23-8-6-17/h4,11,14H,1,5-9H2,2-3H3,(H,20,21)/t11-,14+,15-,16?/m0/s1. The molecule has 0 aliphatic carbocycles. The topological polar surface area (TPSA) is 87.2 Å². The highest BCUT2D eigenvalue weighted by Gasteiger charge is 2.73. The fraction of sp³-hybridized carbons (Fsp3) is 0.688. The van der Waals surface area contributed by atoms with Crippen LogP contribution in [-0.4, -0.2) is 80.6 Å². The van der Waals surface area contributed by atoms with Crippen LogP contribution >= 0.6 is 11.8 Å². The second kappa shape index (κ2) is 5.86. The van der Waals surface area contributed by atoms with Gasteiger partial charge in [0.1, 0.15) is 22.7 Å². The number of Topliss-reactive ketones (excluding diaryl/α,β-unsaturated/α-hetero) is 1. The van der Waals surface area contributed by atoms with Crippen LogP contribution in [0.3, 0.4) is 0 Å². The number of carbonyl (C=O) groups excluding carboxylic acids is 2. The number of fused-ring (bicyclic) bond motifs is 1. The maximum absolute atomic E-state index is 13.1. The molecule has 3 aliphatic rings. The average Bonchev–Trinajstić information content (AvgIpc) is 2.85. The Morgan fingerprint density at radius 3 is 2.58 bits per heavy atom. The number of aliphatic carboxylic acids is 1. The monoisotopic (exact) mass is 354 g/mol. The molecule has 0 aromatic carbocycles. The largest absolute Gasteiger partial charge is 0.480 e. The molecule has 3 fully saturated rings. The van der Waals surface area contributed by atoms with Gasteiger partial charge in [-0.15, -0.1) is 18.3 Å². The van der Waals surface area contributed by atoms with Gasteiger partial charge in [-0.05, 0) is 13.8 Å². The molecule has 3 aliphatic heterocycles. The molecular formula is C16H22N2O5S. The van der Waals surface area contributed by atoms with Crippen molar-refractivity contribution in [2.24, 2.45) is 0 Å². The van der Waals surface area contributed by atoms with Crippen LogP contribution in [0.1, 0.15) is 20.3 Å². The van der Waals surface area contributed by atoms with Crippen molar-refractivity contribution in [3.8, 4) is 0 Å². The van der Waals surface area contributed by atoms with Gasteiger partial charge in [0.2, 0.25) is 5.91 Å². The maximum Gasteiger partial charge on any atom is 0.328 e. The van der Waals surface area contributed by atoms with Crippen LogP contribution in [0, 0.1) is 0 Å². The number of nitrogens with zero attached hydrogens (tertiary/aromatic N) is 2. The number of β-lactam (4-membered cyclic amide) rings is 1. The Morgan fingerprint density at radius 2 is 2.08 bits per heavy atom. The number of hydrogen-bond acceptors (Lipinski definition) is 6. The quantitative estimate of drug-likeness (QED) is 0.563. The summed E-state index contributed by atoms with van der Waals surface area (Å²) in [6.07, 6.45) is 1.69. The van der Waals surface area contributed by atoms with Crippen LogP contribution in [-0.2, 0) is 19.1 Å². The van der Waals surface area contributed by atoms with Crippen LogP contribution in [0.2, 0.25) is 0 Å². The van der Waals surface area contributed by atoms with E-state index in [1.807, 2.05) is 4.90 Å². The van der Waals surface area contributed by atoms with E-state index < -0.39 is 22.3 Å². The van der Waals surface area contributed by atoms with Crippen LogP contribution in [0.5, 0.6) is 0 Å². The third-order valence-electron chi connectivity index (χ3n) is 5.19. The van der Waals surface area contributed by atoms with Gasteiger partial charge in [-0.3, -0.25) is 14.5 Å². The predicted octanol–water partition coefficient (Wildman–Crippen LogP) is 0.350. The normalized spacial score (nSPS) is 39.2. The van der Waals surface area contributed by atoms with E-state index in [0.717, 1.165) is 0 Å². The number of hydrogen-bond donors (Lipinski definition) is 1. The van der Waals surface area contributed by atoms with Crippen LogP contribution in [0.4, 0.5) is 0 Å². The van der Waals surface area contributed by atoms with E-state index in [1.54, 1.807) is 13.0 Å². The summed E-state index contributed by atoms with van der Waals surface area (Å²) < 4.78 is 4.59. The van der Waals surface area contributed by atoms with Crippen LogP contribution in [0.25, 0.3) is 0 Å². The molecule has 0 aromatic rings. The molecule has 0 spiro atoms. The predicted molar refractivity (Wildman–Crippen MR) is 88.7 cm³/mol. The van der Waals surface area contributed by atoms with Gasteiger partial charge in [0.25, 0.3) is 0 Å². The van der Waals surface area contributed by atoms with Gasteiger partial charge in [0, 0.05) is 19.5 Å². The van der Waals surface area contributed by atoms with Crippen molar-refractivity contribution in [3.05, 3.63) is 12.7 Å². The molecule has 0 radical (unpaired) electrons. The number of amides is 1. The number of ether oxygens (including phenoxy) is 1. The molecule has 132 valence electrons. The molecule has 7 nitrogen and oxygen atoms in total. The summed E-state index contributed by atoms with van der Waals surface area (Å²) in [5, 5.41) is 9.26. The molecule has 1 unspecified atom stereocenters. The van der Waals surface area contributed by atoms with E-state index in [4.69, 9.17) is 4.74 Å². The average molecular weight is 354 g/mol. The number of carbonyl (C=O) groups is 3. The SMILES string of the molecule is C=C[C@]1(C)S[C@H]2N(C(=O)C2(CC(C)=O)N2CCOCC2)[C@H]1C(=O)O. The van der Waals surface area contributed by atoms with E-state index in [-0.39, 0.29) is 23.5 Å². The minimum absolute atomic E-state index is 0.0748. The Bertz CT molecular complexity index is 605. The highest BCUT2D eigenvalue weighted by atomic mass is 32.2. The van der Waals surface area contributed by atoms with Gasteiger partial charge in [-0.1, -0.05) is 6.08 Å². The molecule has 1 amide bonds. The lowest BCUT2D eigenvalue weighted by Gasteiger charge is -2.58. The first-order valence-electron chi connectivity index (χ1n) is 7.97. The smallest absolute Gasteiger partial charge is 0.328 e. The van der Waals surface area contributed by atoms with E-state index in [0.29, 0.717) is 26.3 Å². The van der Waals surface area contributed by atoms with Crippen molar-refractivity contribution in [2.45, 2.75) is 42.0 Å². The molecule has 24 heavy (non-hydrogen) atoms. The first-order chi connectivity index (χ1) is 11.3. The summed E-state index contributed by atoms with van der Waals surface area (Å²) >= 11 is 1.42. The van der Waals surface area contributed by atoms with Gasteiger partial charge in [0.15, 0.2) is 0 Å². The summed E-state index contributed by atoms with van der Waals surface area (Å²) in [5.41, 5.74) is -0.964. The summed E-state index contributed by atoms with van der Waals surface area (Å²) in [6, 6.07) is -0.960. The maximum atomic E-state index is 13.1. The lowest BCUT2D eigenvalue weighted by Crippen LogP contribution is -2.80. The molecule has 0 bridgehead atoms.